The number of methoxy groups -OCH3 is 1. The minimum absolute atomic E-state index is 0.0910. The molecule has 0 fully saturated rings. The standard InChI is InChI=1S/C11H19N5O3/c1-19-5-3-13-10(17)6-14-11(18)9-7-16(4-2-12)8-15-9/h7-8H,2-6,12H2,1H3,(H,13,17)(H,14,18). The van der Waals surface area contributed by atoms with E-state index in [0.29, 0.717) is 26.2 Å². The number of nitrogens with one attached hydrogen (secondary N) is 2. The highest BCUT2D eigenvalue weighted by atomic mass is 16.5. The lowest BCUT2D eigenvalue weighted by atomic mass is 10.4. The van der Waals surface area contributed by atoms with E-state index >= 15 is 0 Å². The van der Waals surface area contributed by atoms with Gasteiger partial charge in [-0.2, -0.15) is 0 Å². The molecule has 106 valence electrons. The van der Waals surface area contributed by atoms with Crippen LogP contribution in [-0.2, 0) is 16.1 Å². The van der Waals surface area contributed by atoms with Crippen LogP contribution in [0.4, 0.5) is 0 Å². The van der Waals surface area contributed by atoms with Crippen LogP contribution in [0.3, 0.4) is 0 Å². The molecule has 0 aromatic carbocycles. The first kappa shape index (κ1) is 15.1. The molecule has 8 heteroatoms. The van der Waals surface area contributed by atoms with Crippen molar-refractivity contribution in [2.75, 3.05) is 33.4 Å². The zero-order valence-corrected chi connectivity index (χ0v) is 10.9. The number of imidazole rings is 1. The maximum atomic E-state index is 11.7. The Bertz CT molecular complexity index is 418. The van der Waals surface area contributed by atoms with E-state index in [1.54, 1.807) is 17.9 Å². The van der Waals surface area contributed by atoms with Gasteiger partial charge in [0.25, 0.3) is 5.91 Å². The van der Waals surface area contributed by atoms with Gasteiger partial charge in [0.2, 0.25) is 5.91 Å². The molecule has 1 rings (SSSR count). The predicted molar refractivity (Wildman–Crippen MR) is 68.5 cm³/mol. The maximum Gasteiger partial charge on any atom is 0.271 e. The van der Waals surface area contributed by atoms with Crippen molar-refractivity contribution in [1.29, 1.82) is 0 Å². The van der Waals surface area contributed by atoms with E-state index in [4.69, 9.17) is 10.5 Å². The molecule has 4 N–H and O–H groups in total. The van der Waals surface area contributed by atoms with Crippen LogP contribution in [0.1, 0.15) is 10.5 Å². The van der Waals surface area contributed by atoms with Gasteiger partial charge in [0, 0.05) is 32.9 Å². The maximum absolute atomic E-state index is 11.7. The van der Waals surface area contributed by atoms with Crippen molar-refractivity contribution in [2.24, 2.45) is 5.73 Å². The van der Waals surface area contributed by atoms with Crippen LogP contribution >= 0.6 is 0 Å². The van der Waals surface area contributed by atoms with E-state index in [-0.39, 0.29) is 18.1 Å². The third-order valence-electron chi connectivity index (χ3n) is 2.29. The number of ether oxygens (including phenoxy) is 1. The summed E-state index contributed by atoms with van der Waals surface area (Å²) in [6.07, 6.45) is 3.12. The zero-order valence-electron chi connectivity index (χ0n) is 10.9. The summed E-state index contributed by atoms with van der Waals surface area (Å²) in [6.45, 7) is 1.82. The van der Waals surface area contributed by atoms with Gasteiger partial charge in [0.15, 0.2) is 0 Å². The fourth-order valence-corrected chi connectivity index (χ4v) is 1.35. The third-order valence-corrected chi connectivity index (χ3v) is 2.29. The SMILES string of the molecule is COCCNC(=O)CNC(=O)c1cn(CCN)cn1. The second-order valence-corrected chi connectivity index (χ2v) is 3.81. The summed E-state index contributed by atoms with van der Waals surface area (Å²) < 4.78 is 6.50. The average molecular weight is 269 g/mol. The van der Waals surface area contributed by atoms with Crippen LogP contribution in [0.25, 0.3) is 0 Å². The molecule has 1 heterocycles. The number of rotatable bonds is 8. The first-order chi connectivity index (χ1) is 9.17. The Morgan fingerprint density at radius 3 is 2.95 bits per heavy atom. The third kappa shape index (κ3) is 5.49. The molecule has 0 saturated carbocycles. The van der Waals surface area contributed by atoms with Gasteiger partial charge in [-0.15, -0.1) is 0 Å². The van der Waals surface area contributed by atoms with E-state index in [1.807, 2.05) is 0 Å². The smallest absolute Gasteiger partial charge is 0.271 e. The molecular weight excluding hydrogens is 250 g/mol. The van der Waals surface area contributed by atoms with Crippen LogP contribution < -0.4 is 16.4 Å². The first-order valence-corrected chi connectivity index (χ1v) is 5.93. The van der Waals surface area contributed by atoms with Crippen molar-refractivity contribution in [1.82, 2.24) is 20.2 Å². The molecule has 0 radical (unpaired) electrons. The highest BCUT2D eigenvalue weighted by Crippen LogP contribution is 1.95. The summed E-state index contributed by atoms with van der Waals surface area (Å²) in [6, 6.07) is 0. The summed E-state index contributed by atoms with van der Waals surface area (Å²) in [5.74, 6) is -0.663. The molecule has 0 saturated heterocycles. The fourth-order valence-electron chi connectivity index (χ4n) is 1.35. The van der Waals surface area contributed by atoms with Crippen molar-refractivity contribution in [3.63, 3.8) is 0 Å². The molecule has 0 aliphatic heterocycles. The van der Waals surface area contributed by atoms with Crippen LogP contribution in [0.15, 0.2) is 12.5 Å². The number of nitrogens with two attached hydrogens (primary N) is 1. The summed E-state index contributed by atoms with van der Waals surface area (Å²) in [5, 5.41) is 5.08. The second-order valence-electron chi connectivity index (χ2n) is 3.81. The Balaban J connectivity index is 2.31. The van der Waals surface area contributed by atoms with E-state index < -0.39 is 5.91 Å². The molecule has 0 aliphatic carbocycles. The predicted octanol–water partition coefficient (Wildman–Crippen LogP) is -1.67. The first-order valence-electron chi connectivity index (χ1n) is 5.93. The number of aromatic nitrogens is 2. The molecule has 0 unspecified atom stereocenters. The second kappa shape index (κ2) is 8.22. The van der Waals surface area contributed by atoms with Gasteiger partial charge in [0.1, 0.15) is 5.69 Å². The number of carbonyl (C=O) groups excluding carboxylic acids is 2. The lowest BCUT2D eigenvalue weighted by Crippen LogP contribution is -2.38. The Hall–Kier alpha value is -1.93. The molecule has 19 heavy (non-hydrogen) atoms. The van der Waals surface area contributed by atoms with Crippen LogP contribution in [-0.4, -0.2) is 54.7 Å². The number of nitrogens with zero attached hydrogens (tertiary/aromatic N) is 2. The van der Waals surface area contributed by atoms with E-state index in [1.165, 1.54) is 6.33 Å². The highest BCUT2D eigenvalue weighted by Gasteiger charge is 2.10. The van der Waals surface area contributed by atoms with Crippen molar-refractivity contribution in [3.8, 4) is 0 Å². The Morgan fingerprint density at radius 1 is 1.47 bits per heavy atom. The lowest BCUT2D eigenvalue weighted by molar-refractivity contribution is -0.120. The monoisotopic (exact) mass is 269 g/mol. The summed E-state index contributed by atoms with van der Waals surface area (Å²) in [7, 11) is 1.55. The van der Waals surface area contributed by atoms with Crippen molar-refractivity contribution < 1.29 is 14.3 Å². The Labute approximate surface area is 111 Å². The number of hydrogen-bond acceptors (Lipinski definition) is 5. The molecule has 0 aliphatic rings. The van der Waals surface area contributed by atoms with Crippen LogP contribution in [0, 0.1) is 0 Å². The number of carbonyl (C=O) groups is 2. The molecule has 2 amide bonds. The molecular formula is C11H19N5O3. The molecule has 0 spiro atoms. The molecule has 1 aromatic heterocycles. The topological polar surface area (TPSA) is 111 Å². The zero-order chi connectivity index (χ0) is 14.1. The minimum Gasteiger partial charge on any atom is -0.383 e. The van der Waals surface area contributed by atoms with Crippen molar-refractivity contribution in [3.05, 3.63) is 18.2 Å². The van der Waals surface area contributed by atoms with Gasteiger partial charge in [-0.05, 0) is 0 Å². The molecule has 0 bridgehead atoms. The fraction of sp³-hybridized carbons (Fsp3) is 0.545. The van der Waals surface area contributed by atoms with Crippen molar-refractivity contribution >= 4 is 11.8 Å². The minimum atomic E-state index is -0.391. The van der Waals surface area contributed by atoms with Crippen LogP contribution in [0.5, 0.6) is 0 Å². The van der Waals surface area contributed by atoms with E-state index in [0.717, 1.165) is 0 Å². The van der Waals surface area contributed by atoms with Gasteiger partial charge < -0.3 is 25.7 Å². The normalized spacial score (nSPS) is 10.2. The Morgan fingerprint density at radius 2 is 2.26 bits per heavy atom. The van der Waals surface area contributed by atoms with Gasteiger partial charge in [0.05, 0.1) is 19.5 Å². The van der Waals surface area contributed by atoms with Gasteiger partial charge in [-0.25, -0.2) is 4.98 Å². The largest absolute Gasteiger partial charge is 0.383 e. The summed E-state index contributed by atoms with van der Waals surface area (Å²) in [4.78, 5) is 26.9. The van der Waals surface area contributed by atoms with E-state index in [9.17, 15) is 9.59 Å². The van der Waals surface area contributed by atoms with Gasteiger partial charge >= 0.3 is 0 Å². The molecule has 0 atom stereocenters. The Kier molecular flexibility index (Phi) is 6.55. The lowest BCUT2D eigenvalue weighted by Gasteiger charge is -2.05. The van der Waals surface area contributed by atoms with Gasteiger partial charge in [-0.1, -0.05) is 0 Å². The summed E-state index contributed by atoms with van der Waals surface area (Å²) in [5.41, 5.74) is 5.65. The van der Waals surface area contributed by atoms with Crippen LogP contribution in [0.2, 0.25) is 0 Å². The summed E-state index contributed by atoms with van der Waals surface area (Å²) >= 11 is 0. The molecule has 8 nitrogen and oxygen atoms in total. The number of amides is 2. The highest BCUT2D eigenvalue weighted by molar-refractivity contribution is 5.94. The number of hydrogen-bond donors (Lipinski definition) is 3. The van der Waals surface area contributed by atoms with Gasteiger partial charge in [-0.3, -0.25) is 9.59 Å². The van der Waals surface area contributed by atoms with E-state index in [2.05, 4.69) is 15.6 Å². The van der Waals surface area contributed by atoms with Crippen molar-refractivity contribution in [2.45, 2.75) is 6.54 Å². The average Bonchev–Trinajstić information content (AvgIpc) is 2.85. The molecule has 1 aromatic rings. The quantitative estimate of drug-likeness (QED) is 0.489.